The molecule has 0 spiro atoms. The average molecular weight is 147 g/mol. The van der Waals surface area contributed by atoms with Crippen LogP contribution in [0.25, 0.3) is 0 Å². The van der Waals surface area contributed by atoms with E-state index in [0.717, 1.165) is 5.56 Å². The van der Waals surface area contributed by atoms with Gasteiger partial charge in [-0.05, 0) is 5.56 Å². The van der Waals surface area contributed by atoms with E-state index in [1.54, 1.807) is 12.1 Å². The fraction of sp³-hybridized carbons (Fsp3) is 0. The minimum atomic E-state index is -0.504. The molecule has 1 aromatic carbocycles. The van der Waals surface area contributed by atoms with E-state index in [2.05, 4.69) is 0 Å². The molecule has 0 aromatic heterocycles. The van der Waals surface area contributed by atoms with E-state index in [0.29, 0.717) is 6.29 Å². The van der Waals surface area contributed by atoms with Gasteiger partial charge in [-0.25, -0.2) is 0 Å². The van der Waals surface area contributed by atoms with Crippen molar-refractivity contribution in [1.82, 2.24) is 0 Å². The summed E-state index contributed by atoms with van der Waals surface area (Å²) in [4.78, 5) is 20.5. The van der Waals surface area contributed by atoms with Crippen molar-refractivity contribution in [2.45, 2.75) is 0 Å². The van der Waals surface area contributed by atoms with Gasteiger partial charge in [-0.2, -0.15) is 0 Å². The summed E-state index contributed by atoms with van der Waals surface area (Å²) in [5, 5.41) is 0. The molecule has 0 aliphatic rings. The van der Waals surface area contributed by atoms with E-state index in [1.165, 1.54) is 6.42 Å². The molecule has 0 saturated carbocycles. The van der Waals surface area contributed by atoms with Gasteiger partial charge in [-0.3, -0.25) is 9.59 Å². The van der Waals surface area contributed by atoms with Gasteiger partial charge in [0.15, 0.2) is 6.29 Å². The third-order valence-electron chi connectivity index (χ3n) is 1.22. The third kappa shape index (κ3) is 2.34. The zero-order valence-electron chi connectivity index (χ0n) is 5.86. The smallest absolute Gasteiger partial charge is 0.203 e. The fourth-order valence-electron chi connectivity index (χ4n) is 0.748. The van der Waals surface area contributed by atoms with Gasteiger partial charge in [-0.1, -0.05) is 30.3 Å². The van der Waals surface area contributed by atoms with Crippen LogP contribution in [0.1, 0.15) is 5.56 Å². The molecule has 0 aliphatic heterocycles. The second-order valence-corrected chi connectivity index (χ2v) is 2.08. The Morgan fingerprint density at radius 3 is 2.36 bits per heavy atom. The van der Waals surface area contributed by atoms with E-state index in [4.69, 9.17) is 0 Å². The Morgan fingerprint density at radius 2 is 1.82 bits per heavy atom. The number of carbonyl (C=O) groups is 2. The Labute approximate surface area is 64.8 Å². The summed E-state index contributed by atoms with van der Waals surface area (Å²) in [7, 11) is 0. The fourth-order valence-corrected chi connectivity index (χ4v) is 0.748. The first-order chi connectivity index (χ1) is 5.33. The van der Waals surface area contributed by atoms with Gasteiger partial charge in [0.1, 0.15) is 0 Å². The van der Waals surface area contributed by atoms with Gasteiger partial charge in [0.2, 0.25) is 5.78 Å². The first kappa shape index (κ1) is 7.66. The van der Waals surface area contributed by atoms with Gasteiger partial charge < -0.3 is 0 Å². The van der Waals surface area contributed by atoms with Crippen LogP contribution in [0.15, 0.2) is 30.3 Å². The molecule has 0 heterocycles. The summed E-state index contributed by atoms with van der Waals surface area (Å²) >= 11 is 0. The van der Waals surface area contributed by atoms with Crippen molar-refractivity contribution < 1.29 is 9.59 Å². The lowest BCUT2D eigenvalue weighted by Crippen LogP contribution is -1.99. The van der Waals surface area contributed by atoms with Crippen LogP contribution in [0.3, 0.4) is 0 Å². The van der Waals surface area contributed by atoms with Crippen LogP contribution in [0, 0.1) is 6.42 Å². The van der Waals surface area contributed by atoms with Crippen LogP contribution in [0.4, 0.5) is 0 Å². The molecule has 0 atom stereocenters. The number of aldehydes is 1. The van der Waals surface area contributed by atoms with Gasteiger partial charge in [0.25, 0.3) is 0 Å². The highest BCUT2D eigenvalue weighted by molar-refractivity contribution is 6.30. The average Bonchev–Trinajstić information content (AvgIpc) is 2.06. The second-order valence-electron chi connectivity index (χ2n) is 2.08. The summed E-state index contributed by atoms with van der Waals surface area (Å²) in [5.74, 6) is -0.504. The predicted molar refractivity (Wildman–Crippen MR) is 40.9 cm³/mol. The Morgan fingerprint density at radius 1 is 1.18 bits per heavy atom. The maximum Gasteiger partial charge on any atom is 0.203 e. The van der Waals surface area contributed by atoms with Crippen molar-refractivity contribution in [3.05, 3.63) is 42.3 Å². The molecule has 0 unspecified atom stereocenters. The maximum absolute atomic E-state index is 10.6. The highest BCUT2D eigenvalue weighted by Gasteiger charge is 1.99. The number of carbonyl (C=O) groups excluding carboxylic acids is 2. The lowest BCUT2D eigenvalue weighted by Gasteiger charge is -1.92. The van der Waals surface area contributed by atoms with Crippen LogP contribution >= 0.6 is 0 Å². The van der Waals surface area contributed by atoms with Crippen molar-refractivity contribution >= 4 is 12.1 Å². The van der Waals surface area contributed by atoms with Crippen molar-refractivity contribution in [2.75, 3.05) is 0 Å². The molecule has 2 nitrogen and oxygen atoms in total. The van der Waals surface area contributed by atoms with E-state index in [9.17, 15) is 9.59 Å². The molecule has 1 rings (SSSR count). The molecule has 1 aromatic rings. The number of hydrogen-bond donors (Lipinski definition) is 0. The highest BCUT2D eigenvalue weighted by atomic mass is 16.2. The van der Waals surface area contributed by atoms with Crippen molar-refractivity contribution in [2.24, 2.45) is 0 Å². The number of Topliss-reactive ketones (excluding diaryl/α,β-unsaturated/α-hetero) is 1. The summed E-state index contributed by atoms with van der Waals surface area (Å²) in [6.07, 6.45) is 1.60. The van der Waals surface area contributed by atoms with E-state index < -0.39 is 5.78 Å². The SMILES string of the molecule is O=CC(=O)[CH]c1ccccc1. The Hall–Kier alpha value is -1.44. The largest absolute Gasteiger partial charge is 0.295 e. The molecular formula is C9H7O2. The lowest BCUT2D eigenvalue weighted by molar-refractivity contribution is -0.127. The summed E-state index contributed by atoms with van der Waals surface area (Å²) in [5.41, 5.74) is 0.754. The first-order valence-electron chi connectivity index (χ1n) is 3.22. The van der Waals surface area contributed by atoms with Crippen LogP contribution in [-0.4, -0.2) is 12.1 Å². The van der Waals surface area contributed by atoms with Gasteiger partial charge in [0, 0.05) is 0 Å². The van der Waals surface area contributed by atoms with E-state index >= 15 is 0 Å². The van der Waals surface area contributed by atoms with Crippen LogP contribution in [0.5, 0.6) is 0 Å². The van der Waals surface area contributed by atoms with Crippen LogP contribution in [-0.2, 0) is 9.59 Å². The lowest BCUT2D eigenvalue weighted by atomic mass is 10.1. The third-order valence-corrected chi connectivity index (χ3v) is 1.22. The second kappa shape index (κ2) is 3.66. The van der Waals surface area contributed by atoms with E-state index in [-0.39, 0.29) is 0 Å². The van der Waals surface area contributed by atoms with Gasteiger partial charge in [-0.15, -0.1) is 0 Å². The predicted octanol–water partition coefficient (Wildman–Crippen LogP) is 1.01. The molecule has 2 heteroatoms. The molecule has 0 N–H and O–H groups in total. The molecule has 0 aliphatic carbocycles. The molecular weight excluding hydrogens is 140 g/mol. The molecule has 1 radical (unpaired) electrons. The number of ketones is 1. The summed E-state index contributed by atoms with van der Waals surface area (Å²) in [6, 6.07) is 9.00. The molecule has 0 saturated heterocycles. The van der Waals surface area contributed by atoms with Crippen molar-refractivity contribution in [3.63, 3.8) is 0 Å². The minimum absolute atomic E-state index is 0.299. The van der Waals surface area contributed by atoms with Gasteiger partial charge >= 0.3 is 0 Å². The standard InChI is InChI=1S/C9H7O2/c10-7-9(11)6-8-4-2-1-3-5-8/h1-7H. The first-order valence-corrected chi connectivity index (χ1v) is 3.22. The molecule has 0 bridgehead atoms. The Bertz CT molecular complexity index is 252. The molecule has 0 fully saturated rings. The van der Waals surface area contributed by atoms with Crippen LogP contribution in [0.2, 0.25) is 0 Å². The van der Waals surface area contributed by atoms with Gasteiger partial charge in [0.05, 0.1) is 6.42 Å². The molecule has 11 heavy (non-hydrogen) atoms. The number of rotatable bonds is 3. The Kier molecular flexibility index (Phi) is 2.55. The minimum Gasteiger partial charge on any atom is -0.295 e. The normalized spacial score (nSPS) is 9.09. The van der Waals surface area contributed by atoms with Crippen LogP contribution < -0.4 is 0 Å². The van der Waals surface area contributed by atoms with E-state index in [1.807, 2.05) is 18.2 Å². The summed E-state index contributed by atoms with van der Waals surface area (Å²) < 4.78 is 0. The quantitative estimate of drug-likeness (QED) is 0.472. The Balaban J connectivity index is 2.65. The van der Waals surface area contributed by atoms with Crippen molar-refractivity contribution in [1.29, 1.82) is 0 Å². The van der Waals surface area contributed by atoms with Crippen molar-refractivity contribution in [3.8, 4) is 0 Å². The monoisotopic (exact) mass is 147 g/mol. The summed E-state index contributed by atoms with van der Waals surface area (Å²) in [6.45, 7) is 0. The highest BCUT2D eigenvalue weighted by Crippen LogP contribution is 2.00. The molecule has 55 valence electrons. The topological polar surface area (TPSA) is 34.1 Å². The zero-order chi connectivity index (χ0) is 8.10. The number of hydrogen-bond acceptors (Lipinski definition) is 2. The molecule has 0 amide bonds. The number of benzene rings is 1. The zero-order valence-corrected chi connectivity index (χ0v) is 5.86. The maximum atomic E-state index is 10.6.